The number of aromatic nitrogens is 2. The van der Waals surface area contributed by atoms with Gasteiger partial charge in [0.15, 0.2) is 9.84 Å². The lowest BCUT2D eigenvalue weighted by Gasteiger charge is -2.10. The topological polar surface area (TPSA) is 108 Å². The van der Waals surface area contributed by atoms with Crippen molar-refractivity contribution in [2.24, 2.45) is 0 Å². The first-order valence-corrected chi connectivity index (χ1v) is 9.41. The highest BCUT2D eigenvalue weighted by Gasteiger charge is 2.09. The summed E-state index contributed by atoms with van der Waals surface area (Å²) in [5.41, 5.74) is 1.04. The maximum absolute atomic E-state index is 11.5. The van der Waals surface area contributed by atoms with Gasteiger partial charge in [-0.2, -0.15) is 10.2 Å². The normalized spacial score (nSPS) is 10.9. The minimum Gasteiger partial charge on any atom is -0.369 e. The fourth-order valence-electron chi connectivity index (χ4n) is 1.96. The van der Waals surface area contributed by atoms with Gasteiger partial charge in [0.05, 0.1) is 11.1 Å². The molecule has 8 heteroatoms. The van der Waals surface area contributed by atoms with Crippen LogP contribution >= 0.6 is 0 Å². The monoisotopic (exact) mass is 345 g/mol. The van der Waals surface area contributed by atoms with Crippen LogP contribution in [0, 0.1) is 11.3 Å². The summed E-state index contributed by atoms with van der Waals surface area (Å²) < 4.78 is 22.9. The van der Waals surface area contributed by atoms with E-state index < -0.39 is 9.84 Å². The Bertz CT molecular complexity index is 842. The average molecular weight is 345 g/mol. The molecule has 24 heavy (non-hydrogen) atoms. The Morgan fingerprint density at radius 1 is 1.25 bits per heavy atom. The van der Waals surface area contributed by atoms with E-state index >= 15 is 0 Å². The van der Waals surface area contributed by atoms with Crippen LogP contribution in [0.2, 0.25) is 0 Å². The van der Waals surface area contributed by atoms with E-state index in [4.69, 9.17) is 5.26 Å². The fraction of sp³-hybridized carbons (Fsp3) is 0.312. The van der Waals surface area contributed by atoms with Crippen molar-refractivity contribution in [2.45, 2.75) is 24.7 Å². The van der Waals surface area contributed by atoms with Crippen LogP contribution in [0.1, 0.15) is 25.3 Å². The first-order chi connectivity index (χ1) is 11.4. The zero-order valence-electron chi connectivity index (χ0n) is 13.6. The average Bonchev–Trinajstić information content (AvgIpc) is 2.55. The maximum atomic E-state index is 11.5. The second kappa shape index (κ2) is 7.75. The van der Waals surface area contributed by atoms with Crippen LogP contribution in [0.4, 0.5) is 17.5 Å². The first kappa shape index (κ1) is 17.7. The summed E-state index contributed by atoms with van der Waals surface area (Å²) in [6.07, 6.45) is 4.63. The predicted octanol–water partition coefficient (Wildman–Crippen LogP) is 2.71. The molecule has 0 saturated heterocycles. The number of sulfone groups is 1. The Morgan fingerprint density at radius 3 is 2.54 bits per heavy atom. The van der Waals surface area contributed by atoms with E-state index in [0.717, 1.165) is 25.6 Å². The summed E-state index contributed by atoms with van der Waals surface area (Å²) in [7, 11) is -3.23. The number of benzene rings is 1. The third-order valence-corrected chi connectivity index (χ3v) is 4.40. The minimum absolute atomic E-state index is 0.246. The molecule has 2 N–H and O–H groups in total. The van der Waals surface area contributed by atoms with Gasteiger partial charge in [0.25, 0.3) is 0 Å². The molecular weight excluding hydrogens is 326 g/mol. The van der Waals surface area contributed by atoms with Crippen molar-refractivity contribution >= 4 is 27.3 Å². The van der Waals surface area contributed by atoms with Crippen LogP contribution in [0.25, 0.3) is 0 Å². The fourth-order valence-corrected chi connectivity index (χ4v) is 2.59. The Labute approximate surface area is 141 Å². The van der Waals surface area contributed by atoms with Crippen molar-refractivity contribution in [3.8, 4) is 6.07 Å². The third-order valence-electron chi connectivity index (χ3n) is 3.27. The molecule has 7 nitrogen and oxygen atoms in total. The number of nitrogens with one attached hydrogen (secondary N) is 2. The molecule has 0 radical (unpaired) electrons. The molecular formula is C16H19N5O2S. The number of anilines is 3. The number of unbranched alkanes of at least 4 members (excludes halogenated alkanes) is 1. The van der Waals surface area contributed by atoms with E-state index in [2.05, 4.69) is 33.6 Å². The lowest BCUT2D eigenvalue weighted by molar-refractivity contribution is 0.602. The largest absolute Gasteiger partial charge is 0.369 e. The highest BCUT2D eigenvalue weighted by atomic mass is 32.2. The molecule has 1 heterocycles. The highest BCUT2D eigenvalue weighted by Crippen LogP contribution is 2.19. The molecule has 0 bridgehead atoms. The Morgan fingerprint density at radius 2 is 1.96 bits per heavy atom. The second-order valence-corrected chi connectivity index (χ2v) is 7.29. The van der Waals surface area contributed by atoms with E-state index in [9.17, 15) is 8.42 Å². The van der Waals surface area contributed by atoms with Gasteiger partial charge in [-0.3, -0.25) is 0 Å². The van der Waals surface area contributed by atoms with Gasteiger partial charge in [0.1, 0.15) is 17.5 Å². The van der Waals surface area contributed by atoms with Crippen LogP contribution in [-0.4, -0.2) is 31.2 Å². The van der Waals surface area contributed by atoms with Gasteiger partial charge in [-0.05, 0) is 30.7 Å². The number of hydrogen-bond acceptors (Lipinski definition) is 7. The summed E-state index contributed by atoms with van der Waals surface area (Å²) in [4.78, 5) is 8.66. The first-order valence-electron chi connectivity index (χ1n) is 7.52. The molecule has 0 fully saturated rings. The van der Waals surface area contributed by atoms with Crippen molar-refractivity contribution in [1.29, 1.82) is 5.26 Å². The van der Waals surface area contributed by atoms with Gasteiger partial charge in [-0.1, -0.05) is 13.3 Å². The van der Waals surface area contributed by atoms with Gasteiger partial charge in [0, 0.05) is 18.5 Å². The number of nitriles is 1. The Balaban J connectivity index is 2.17. The molecule has 0 saturated carbocycles. The van der Waals surface area contributed by atoms with Gasteiger partial charge in [-0.25, -0.2) is 13.4 Å². The van der Waals surface area contributed by atoms with E-state index in [0.29, 0.717) is 23.0 Å². The van der Waals surface area contributed by atoms with E-state index in [1.807, 2.05) is 0 Å². The van der Waals surface area contributed by atoms with Crippen molar-refractivity contribution in [1.82, 2.24) is 9.97 Å². The molecule has 0 aliphatic heterocycles. The third kappa shape index (κ3) is 4.67. The Hall–Kier alpha value is -2.66. The van der Waals surface area contributed by atoms with E-state index in [1.165, 1.54) is 18.3 Å². The zero-order valence-corrected chi connectivity index (χ0v) is 14.4. The lowest BCUT2D eigenvalue weighted by Crippen LogP contribution is -2.07. The molecule has 1 aromatic heterocycles. The van der Waals surface area contributed by atoms with Crippen molar-refractivity contribution in [2.75, 3.05) is 23.4 Å². The van der Waals surface area contributed by atoms with Crippen LogP contribution in [-0.2, 0) is 9.84 Å². The quantitative estimate of drug-likeness (QED) is 0.743. The summed E-state index contributed by atoms with van der Waals surface area (Å²) in [6, 6.07) is 8.37. The summed E-state index contributed by atoms with van der Waals surface area (Å²) in [6.45, 7) is 2.81. The standard InChI is InChI=1S/C16H19N5O2S/c1-3-4-9-18-15-12(10-17)11-19-16(21-15)20-13-5-7-14(8-6-13)24(2,22)23/h5-8,11H,3-4,9H2,1-2H3,(H2,18,19,20,21). The molecule has 0 unspecified atom stereocenters. The minimum atomic E-state index is -3.23. The molecule has 0 amide bonds. The second-order valence-electron chi connectivity index (χ2n) is 5.27. The smallest absolute Gasteiger partial charge is 0.229 e. The summed E-state index contributed by atoms with van der Waals surface area (Å²) in [5.74, 6) is 0.816. The number of nitrogens with zero attached hydrogens (tertiary/aromatic N) is 3. The predicted molar refractivity (Wildman–Crippen MR) is 93.0 cm³/mol. The van der Waals surface area contributed by atoms with Crippen LogP contribution < -0.4 is 10.6 Å². The van der Waals surface area contributed by atoms with Gasteiger partial charge >= 0.3 is 0 Å². The van der Waals surface area contributed by atoms with E-state index in [-0.39, 0.29) is 4.90 Å². The van der Waals surface area contributed by atoms with E-state index in [1.54, 1.807) is 12.1 Å². The number of hydrogen-bond donors (Lipinski definition) is 2. The van der Waals surface area contributed by atoms with Crippen molar-refractivity contribution in [3.05, 3.63) is 36.0 Å². The summed E-state index contributed by atoms with van der Waals surface area (Å²) >= 11 is 0. The van der Waals surface area contributed by atoms with Gasteiger partial charge < -0.3 is 10.6 Å². The molecule has 0 aliphatic carbocycles. The lowest BCUT2D eigenvalue weighted by atomic mass is 10.3. The number of rotatable bonds is 7. The van der Waals surface area contributed by atoms with Crippen LogP contribution in [0.15, 0.2) is 35.4 Å². The van der Waals surface area contributed by atoms with Crippen LogP contribution in [0.5, 0.6) is 0 Å². The van der Waals surface area contributed by atoms with Crippen molar-refractivity contribution in [3.63, 3.8) is 0 Å². The molecule has 0 spiro atoms. The molecule has 126 valence electrons. The van der Waals surface area contributed by atoms with Gasteiger partial charge in [-0.15, -0.1) is 0 Å². The molecule has 1 aromatic carbocycles. The Kier molecular flexibility index (Phi) is 5.71. The molecule has 0 atom stereocenters. The molecule has 0 aliphatic rings. The van der Waals surface area contributed by atoms with Crippen LogP contribution in [0.3, 0.4) is 0 Å². The zero-order chi connectivity index (χ0) is 17.6. The molecule has 2 rings (SSSR count). The molecule has 2 aromatic rings. The van der Waals surface area contributed by atoms with Crippen molar-refractivity contribution < 1.29 is 8.42 Å². The summed E-state index contributed by atoms with van der Waals surface area (Å²) in [5, 5.41) is 15.2. The van der Waals surface area contributed by atoms with Gasteiger partial charge in [0.2, 0.25) is 5.95 Å². The highest BCUT2D eigenvalue weighted by molar-refractivity contribution is 7.90. The SMILES string of the molecule is CCCCNc1nc(Nc2ccc(S(C)(=O)=O)cc2)ncc1C#N. The maximum Gasteiger partial charge on any atom is 0.229 e.